The van der Waals surface area contributed by atoms with Gasteiger partial charge in [0, 0.05) is 28.1 Å². The van der Waals surface area contributed by atoms with Crippen LogP contribution in [-0.4, -0.2) is 36.6 Å². The number of hydrogen-bond donors (Lipinski definition) is 3. The number of carbonyl (C=O) groups is 2. The molecule has 3 aromatic carbocycles. The minimum Gasteiger partial charge on any atom is -0.508 e. The van der Waals surface area contributed by atoms with Crippen LogP contribution < -0.4 is 5.32 Å². The minimum atomic E-state index is -3.35. The number of aromatic hydroxyl groups is 1. The zero-order chi connectivity index (χ0) is 20.5. The van der Waals surface area contributed by atoms with Crippen molar-refractivity contribution in [2.24, 2.45) is 0 Å². The minimum absolute atomic E-state index is 0.0531. The van der Waals surface area contributed by atoms with Crippen molar-refractivity contribution in [3.63, 3.8) is 0 Å². The van der Waals surface area contributed by atoms with E-state index in [1.165, 1.54) is 18.2 Å². The summed E-state index contributed by atoms with van der Waals surface area (Å²) in [7, 11) is -3.35. The molecule has 0 saturated carbocycles. The van der Waals surface area contributed by atoms with Crippen LogP contribution in [0.25, 0.3) is 32.9 Å². The summed E-state index contributed by atoms with van der Waals surface area (Å²) < 4.78 is 23.5. The van der Waals surface area contributed by atoms with Crippen molar-refractivity contribution in [3.8, 4) is 16.9 Å². The molecule has 0 atom stereocenters. The average Bonchev–Trinajstić information content (AvgIpc) is 3.17. The standard InChI is InChI=1S/C21H14N2O5S/c1-29(27,28)12-5-2-10(3-6-12)13-9-16-17(19-18(13)20(25)23-21(19)26)14-8-11(24)4-7-15(14)22-16/h2-9,22,24H,1H3,(H,23,25,26). The Hall–Kier alpha value is -3.65. The molecular formula is C21H14N2O5S. The third-order valence-corrected chi connectivity index (χ3v) is 6.27. The normalized spacial score (nSPS) is 13.8. The van der Waals surface area contributed by atoms with Crippen LogP contribution in [0.1, 0.15) is 20.7 Å². The van der Waals surface area contributed by atoms with Crippen molar-refractivity contribution in [1.82, 2.24) is 10.3 Å². The molecule has 7 nitrogen and oxygen atoms in total. The first-order chi connectivity index (χ1) is 13.7. The van der Waals surface area contributed by atoms with Crippen molar-refractivity contribution in [2.45, 2.75) is 4.90 Å². The van der Waals surface area contributed by atoms with Crippen molar-refractivity contribution in [2.75, 3.05) is 6.26 Å². The summed E-state index contributed by atoms with van der Waals surface area (Å²) in [5.41, 5.74) is 2.96. The van der Waals surface area contributed by atoms with E-state index in [0.717, 1.165) is 11.8 Å². The molecule has 4 aromatic rings. The van der Waals surface area contributed by atoms with Gasteiger partial charge in [-0.1, -0.05) is 12.1 Å². The van der Waals surface area contributed by atoms with Gasteiger partial charge in [0.2, 0.25) is 0 Å². The van der Waals surface area contributed by atoms with E-state index in [4.69, 9.17) is 0 Å². The van der Waals surface area contributed by atoms with Gasteiger partial charge >= 0.3 is 0 Å². The molecule has 8 heteroatoms. The van der Waals surface area contributed by atoms with Crippen LogP contribution in [0, 0.1) is 0 Å². The Morgan fingerprint density at radius 1 is 0.862 bits per heavy atom. The Morgan fingerprint density at radius 3 is 2.24 bits per heavy atom. The first-order valence-electron chi connectivity index (χ1n) is 8.71. The first-order valence-corrected chi connectivity index (χ1v) is 10.6. The molecule has 2 amide bonds. The second-order valence-electron chi connectivity index (χ2n) is 7.03. The van der Waals surface area contributed by atoms with E-state index in [1.807, 2.05) is 0 Å². The van der Waals surface area contributed by atoms with Gasteiger partial charge < -0.3 is 10.1 Å². The predicted octanol–water partition coefficient (Wildman–Crippen LogP) is 2.98. The van der Waals surface area contributed by atoms with E-state index in [-0.39, 0.29) is 21.8 Å². The molecule has 3 N–H and O–H groups in total. The lowest BCUT2D eigenvalue weighted by Crippen LogP contribution is -2.20. The number of aromatic nitrogens is 1. The Bertz CT molecular complexity index is 1480. The van der Waals surface area contributed by atoms with Crippen LogP contribution in [0.4, 0.5) is 0 Å². The van der Waals surface area contributed by atoms with Crippen LogP contribution >= 0.6 is 0 Å². The van der Waals surface area contributed by atoms with Crippen LogP contribution in [0.2, 0.25) is 0 Å². The third kappa shape index (κ3) is 2.53. The number of hydrogen-bond acceptors (Lipinski definition) is 5. The van der Waals surface area contributed by atoms with E-state index in [9.17, 15) is 23.1 Å². The maximum atomic E-state index is 12.6. The number of nitrogens with one attached hydrogen (secondary N) is 2. The summed E-state index contributed by atoms with van der Waals surface area (Å²) in [5.74, 6) is -0.963. The molecule has 0 bridgehead atoms. The Labute approximate surface area is 164 Å². The van der Waals surface area contributed by atoms with Gasteiger partial charge in [0.1, 0.15) is 5.75 Å². The van der Waals surface area contributed by atoms with Crippen molar-refractivity contribution < 1.29 is 23.1 Å². The quantitative estimate of drug-likeness (QED) is 0.443. The van der Waals surface area contributed by atoms with Gasteiger partial charge in [-0.05, 0) is 47.5 Å². The van der Waals surface area contributed by atoms with E-state index < -0.39 is 21.7 Å². The van der Waals surface area contributed by atoms with Gasteiger partial charge in [0.15, 0.2) is 9.84 Å². The number of aromatic amines is 1. The summed E-state index contributed by atoms with van der Waals surface area (Å²) in [6, 6.07) is 12.7. The van der Waals surface area contributed by atoms with E-state index in [0.29, 0.717) is 27.4 Å². The number of phenolic OH excluding ortho intramolecular Hbond substituents is 1. The monoisotopic (exact) mass is 406 g/mol. The fraction of sp³-hybridized carbons (Fsp3) is 0.0476. The number of amides is 2. The Morgan fingerprint density at radius 2 is 1.55 bits per heavy atom. The molecule has 29 heavy (non-hydrogen) atoms. The second kappa shape index (κ2) is 5.68. The van der Waals surface area contributed by atoms with Gasteiger partial charge in [0.25, 0.3) is 11.8 Å². The molecule has 0 spiro atoms. The van der Waals surface area contributed by atoms with Crippen molar-refractivity contribution in [1.29, 1.82) is 0 Å². The fourth-order valence-corrected chi connectivity index (χ4v) is 4.49. The molecule has 0 saturated heterocycles. The largest absolute Gasteiger partial charge is 0.508 e. The highest BCUT2D eigenvalue weighted by atomic mass is 32.2. The summed E-state index contributed by atoms with van der Waals surface area (Å²) in [5, 5.41) is 13.4. The highest BCUT2D eigenvalue weighted by Crippen LogP contribution is 2.39. The average molecular weight is 406 g/mol. The van der Waals surface area contributed by atoms with Gasteiger partial charge in [-0.25, -0.2) is 8.42 Å². The predicted molar refractivity (Wildman–Crippen MR) is 108 cm³/mol. The Kier molecular flexibility index (Phi) is 3.42. The number of carbonyl (C=O) groups excluding carboxylic acids is 2. The molecule has 1 aromatic heterocycles. The maximum absolute atomic E-state index is 12.6. The third-order valence-electron chi connectivity index (χ3n) is 5.14. The molecule has 0 radical (unpaired) electrons. The van der Waals surface area contributed by atoms with Gasteiger partial charge in [0.05, 0.1) is 16.0 Å². The molecule has 0 fully saturated rings. The summed E-state index contributed by atoms with van der Waals surface area (Å²) in [4.78, 5) is 28.6. The van der Waals surface area contributed by atoms with Gasteiger partial charge in [-0.2, -0.15) is 0 Å². The van der Waals surface area contributed by atoms with Gasteiger partial charge in [-0.15, -0.1) is 0 Å². The highest BCUT2D eigenvalue weighted by molar-refractivity contribution is 7.90. The summed E-state index contributed by atoms with van der Waals surface area (Å²) in [6.45, 7) is 0. The number of phenols is 1. The zero-order valence-electron chi connectivity index (χ0n) is 15.1. The molecule has 1 aliphatic heterocycles. The number of fused-ring (bicyclic) bond motifs is 5. The number of H-pyrrole nitrogens is 1. The molecule has 1 aliphatic rings. The van der Waals surface area contributed by atoms with E-state index >= 15 is 0 Å². The van der Waals surface area contributed by atoms with Crippen LogP contribution in [0.3, 0.4) is 0 Å². The zero-order valence-corrected chi connectivity index (χ0v) is 15.9. The number of sulfone groups is 1. The lowest BCUT2D eigenvalue weighted by Gasteiger charge is -2.09. The van der Waals surface area contributed by atoms with Crippen LogP contribution in [0.5, 0.6) is 5.75 Å². The SMILES string of the molecule is CS(=O)(=O)c1ccc(-c2cc3[nH]c4ccc(O)cc4c3c3c2C(=O)NC3=O)cc1. The van der Waals surface area contributed by atoms with Crippen LogP contribution in [0.15, 0.2) is 53.4 Å². The Balaban J connectivity index is 1.86. The fourth-order valence-electron chi connectivity index (χ4n) is 3.85. The lowest BCUT2D eigenvalue weighted by atomic mass is 9.93. The smallest absolute Gasteiger partial charge is 0.259 e. The molecule has 2 heterocycles. The molecule has 0 aliphatic carbocycles. The molecule has 0 unspecified atom stereocenters. The van der Waals surface area contributed by atoms with Crippen molar-refractivity contribution >= 4 is 43.5 Å². The van der Waals surface area contributed by atoms with Crippen molar-refractivity contribution in [3.05, 3.63) is 59.7 Å². The lowest BCUT2D eigenvalue weighted by molar-refractivity contribution is 0.0880. The van der Waals surface area contributed by atoms with E-state index in [2.05, 4.69) is 10.3 Å². The summed E-state index contributed by atoms with van der Waals surface area (Å²) >= 11 is 0. The van der Waals surface area contributed by atoms with E-state index in [1.54, 1.807) is 30.3 Å². The first kappa shape index (κ1) is 17.4. The second-order valence-corrected chi connectivity index (χ2v) is 9.05. The van der Waals surface area contributed by atoms with Gasteiger partial charge in [-0.3, -0.25) is 14.9 Å². The molecule has 5 rings (SSSR count). The molecule has 144 valence electrons. The highest BCUT2D eigenvalue weighted by Gasteiger charge is 2.33. The maximum Gasteiger partial charge on any atom is 0.259 e. The van der Waals surface area contributed by atoms with Crippen LogP contribution in [-0.2, 0) is 9.84 Å². The number of benzene rings is 3. The summed E-state index contributed by atoms with van der Waals surface area (Å²) in [6.07, 6.45) is 1.12. The molecular weight excluding hydrogens is 392 g/mol. The topological polar surface area (TPSA) is 116 Å². The number of imide groups is 1. The number of rotatable bonds is 2.